The molecule has 2 heterocycles. The van der Waals surface area contributed by atoms with Gasteiger partial charge in [-0.25, -0.2) is 0 Å². The summed E-state index contributed by atoms with van der Waals surface area (Å²) in [5.41, 5.74) is 2.49. The Bertz CT molecular complexity index is 559. The Morgan fingerprint density at radius 3 is 2.90 bits per heavy atom. The van der Waals surface area contributed by atoms with Crippen molar-refractivity contribution in [2.24, 2.45) is 0 Å². The molecule has 1 aliphatic heterocycles. The highest BCUT2D eigenvalue weighted by Gasteiger charge is 2.10. The smallest absolute Gasteiger partial charge is 0.119 e. The molecule has 0 bridgehead atoms. The van der Waals surface area contributed by atoms with E-state index in [-0.39, 0.29) is 0 Å². The van der Waals surface area contributed by atoms with Crippen LogP contribution in [0.2, 0.25) is 0 Å². The fourth-order valence-corrected chi connectivity index (χ4v) is 2.75. The van der Waals surface area contributed by atoms with Gasteiger partial charge >= 0.3 is 0 Å². The first-order valence-electron chi connectivity index (χ1n) is 7.31. The van der Waals surface area contributed by atoms with Crippen LogP contribution in [0.1, 0.15) is 12.1 Å². The van der Waals surface area contributed by atoms with Gasteiger partial charge in [0.1, 0.15) is 5.75 Å². The molecule has 3 rings (SSSR count). The van der Waals surface area contributed by atoms with Crippen LogP contribution in [0.15, 0.2) is 24.3 Å². The Hall–Kier alpha value is -1.52. The quantitative estimate of drug-likeness (QED) is 0.910. The lowest BCUT2D eigenvalue weighted by molar-refractivity contribution is 0.0374. The van der Waals surface area contributed by atoms with Crippen molar-refractivity contribution < 1.29 is 9.47 Å². The summed E-state index contributed by atoms with van der Waals surface area (Å²) >= 11 is 0. The molecule has 0 unspecified atom stereocenters. The zero-order chi connectivity index (χ0) is 13.8. The number of H-pyrrole nitrogens is 1. The second kappa shape index (κ2) is 6.29. The number of aromatic amines is 1. The lowest BCUT2D eigenvalue weighted by Gasteiger charge is -2.26. The van der Waals surface area contributed by atoms with E-state index in [1.807, 2.05) is 6.07 Å². The summed E-state index contributed by atoms with van der Waals surface area (Å²) in [5, 5.41) is 1.23. The number of benzene rings is 1. The summed E-state index contributed by atoms with van der Waals surface area (Å²) in [6.07, 6.45) is 2.28. The molecule has 4 heteroatoms. The number of hydrogen-bond acceptors (Lipinski definition) is 3. The van der Waals surface area contributed by atoms with Gasteiger partial charge in [0, 0.05) is 29.7 Å². The monoisotopic (exact) mass is 274 g/mol. The van der Waals surface area contributed by atoms with Crippen LogP contribution in [0.3, 0.4) is 0 Å². The van der Waals surface area contributed by atoms with Crippen molar-refractivity contribution in [1.82, 2.24) is 9.88 Å². The second-order valence-corrected chi connectivity index (χ2v) is 5.31. The topological polar surface area (TPSA) is 37.5 Å². The first-order valence-corrected chi connectivity index (χ1v) is 7.31. The molecule has 1 aromatic carbocycles. The number of methoxy groups -OCH3 is 1. The van der Waals surface area contributed by atoms with E-state index < -0.39 is 0 Å². The zero-order valence-corrected chi connectivity index (χ0v) is 12.0. The predicted octanol–water partition coefficient (Wildman–Crippen LogP) is 2.44. The average molecular weight is 274 g/mol. The van der Waals surface area contributed by atoms with E-state index in [0.29, 0.717) is 0 Å². The number of ether oxygens (including phenoxy) is 2. The molecule has 0 aliphatic carbocycles. The van der Waals surface area contributed by atoms with Gasteiger partial charge in [-0.05, 0) is 43.7 Å². The van der Waals surface area contributed by atoms with Crippen molar-refractivity contribution in [2.75, 3.05) is 40.0 Å². The van der Waals surface area contributed by atoms with Crippen LogP contribution in [0.25, 0.3) is 10.9 Å². The van der Waals surface area contributed by atoms with Gasteiger partial charge in [0.25, 0.3) is 0 Å². The SMILES string of the molecule is COc1ccc2[nH]c(CCCN3CCOCC3)cc2c1. The zero-order valence-electron chi connectivity index (χ0n) is 12.0. The lowest BCUT2D eigenvalue weighted by atomic mass is 10.2. The lowest BCUT2D eigenvalue weighted by Crippen LogP contribution is -2.36. The van der Waals surface area contributed by atoms with E-state index in [1.54, 1.807) is 7.11 Å². The molecule has 0 amide bonds. The minimum absolute atomic E-state index is 0.881. The summed E-state index contributed by atoms with van der Waals surface area (Å²) in [6, 6.07) is 8.39. The van der Waals surface area contributed by atoms with Crippen molar-refractivity contribution in [3.8, 4) is 5.75 Å². The maximum atomic E-state index is 5.37. The van der Waals surface area contributed by atoms with Gasteiger partial charge < -0.3 is 14.5 Å². The third-order valence-electron chi connectivity index (χ3n) is 3.91. The Labute approximate surface area is 119 Å². The van der Waals surface area contributed by atoms with Crippen LogP contribution in [0.5, 0.6) is 5.75 Å². The third-order valence-corrected chi connectivity index (χ3v) is 3.91. The Morgan fingerprint density at radius 1 is 1.25 bits per heavy atom. The van der Waals surface area contributed by atoms with Crippen LogP contribution in [-0.4, -0.2) is 49.8 Å². The third kappa shape index (κ3) is 3.14. The molecule has 1 aromatic heterocycles. The molecular formula is C16H22N2O2. The number of hydrogen-bond donors (Lipinski definition) is 1. The number of rotatable bonds is 5. The van der Waals surface area contributed by atoms with E-state index in [0.717, 1.165) is 45.0 Å². The molecule has 2 aromatic rings. The maximum Gasteiger partial charge on any atom is 0.119 e. The molecule has 1 aliphatic rings. The van der Waals surface area contributed by atoms with Gasteiger partial charge in [0.15, 0.2) is 0 Å². The normalized spacial score (nSPS) is 16.6. The van der Waals surface area contributed by atoms with E-state index in [2.05, 4.69) is 28.1 Å². The van der Waals surface area contributed by atoms with E-state index in [1.165, 1.54) is 23.0 Å². The Kier molecular flexibility index (Phi) is 4.23. The van der Waals surface area contributed by atoms with Crippen LogP contribution >= 0.6 is 0 Å². The van der Waals surface area contributed by atoms with E-state index in [9.17, 15) is 0 Å². The van der Waals surface area contributed by atoms with Gasteiger partial charge in [-0.15, -0.1) is 0 Å². The molecule has 1 saturated heterocycles. The molecular weight excluding hydrogens is 252 g/mol. The van der Waals surface area contributed by atoms with Crippen LogP contribution in [0.4, 0.5) is 0 Å². The van der Waals surface area contributed by atoms with Crippen molar-refractivity contribution in [3.05, 3.63) is 30.0 Å². The van der Waals surface area contributed by atoms with Gasteiger partial charge in [-0.1, -0.05) is 0 Å². The fraction of sp³-hybridized carbons (Fsp3) is 0.500. The van der Waals surface area contributed by atoms with Crippen LogP contribution in [0, 0.1) is 0 Å². The summed E-state index contributed by atoms with van der Waals surface area (Å²) < 4.78 is 10.6. The first-order chi connectivity index (χ1) is 9.85. The van der Waals surface area contributed by atoms with Crippen LogP contribution in [-0.2, 0) is 11.2 Å². The average Bonchev–Trinajstić information content (AvgIpc) is 2.90. The number of nitrogens with zero attached hydrogens (tertiary/aromatic N) is 1. The molecule has 0 radical (unpaired) electrons. The molecule has 0 spiro atoms. The van der Waals surface area contributed by atoms with Crippen molar-refractivity contribution in [1.29, 1.82) is 0 Å². The first kappa shape index (κ1) is 13.5. The molecule has 0 saturated carbocycles. The fourth-order valence-electron chi connectivity index (χ4n) is 2.75. The Morgan fingerprint density at radius 2 is 2.10 bits per heavy atom. The summed E-state index contributed by atoms with van der Waals surface area (Å²) in [4.78, 5) is 5.97. The summed E-state index contributed by atoms with van der Waals surface area (Å²) in [5.74, 6) is 0.913. The number of aryl methyl sites for hydroxylation is 1. The predicted molar refractivity (Wildman–Crippen MR) is 80.4 cm³/mol. The molecule has 108 valence electrons. The summed E-state index contributed by atoms with van der Waals surface area (Å²) in [6.45, 7) is 5.06. The molecule has 4 nitrogen and oxygen atoms in total. The molecule has 1 N–H and O–H groups in total. The molecule has 20 heavy (non-hydrogen) atoms. The van der Waals surface area contributed by atoms with Gasteiger partial charge in [-0.2, -0.15) is 0 Å². The second-order valence-electron chi connectivity index (χ2n) is 5.31. The molecule has 0 atom stereocenters. The van der Waals surface area contributed by atoms with Gasteiger partial charge in [0.2, 0.25) is 0 Å². The number of morpholine rings is 1. The maximum absolute atomic E-state index is 5.37. The van der Waals surface area contributed by atoms with Gasteiger partial charge in [-0.3, -0.25) is 4.90 Å². The van der Waals surface area contributed by atoms with Gasteiger partial charge in [0.05, 0.1) is 20.3 Å². The Balaban J connectivity index is 1.57. The largest absolute Gasteiger partial charge is 0.497 e. The van der Waals surface area contributed by atoms with Crippen molar-refractivity contribution in [3.63, 3.8) is 0 Å². The minimum Gasteiger partial charge on any atom is -0.497 e. The standard InChI is InChI=1S/C16H22N2O2/c1-19-15-4-5-16-13(12-15)11-14(17-16)3-2-6-18-7-9-20-10-8-18/h4-5,11-12,17H,2-3,6-10H2,1H3. The number of fused-ring (bicyclic) bond motifs is 1. The van der Waals surface area contributed by atoms with E-state index >= 15 is 0 Å². The minimum atomic E-state index is 0.881. The van der Waals surface area contributed by atoms with Crippen LogP contribution < -0.4 is 4.74 Å². The molecule has 1 fully saturated rings. The van der Waals surface area contributed by atoms with Crippen molar-refractivity contribution in [2.45, 2.75) is 12.8 Å². The highest BCUT2D eigenvalue weighted by Crippen LogP contribution is 2.22. The van der Waals surface area contributed by atoms with Crippen molar-refractivity contribution >= 4 is 10.9 Å². The highest BCUT2D eigenvalue weighted by atomic mass is 16.5. The number of aromatic nitrogens is 1. The highest BCUT2D eigenvalue weighted by molar-refractivity contribution is 5.81. The van der Waals surface area contributed by atoms with E-state index in [4.69, 9.17) is 9.47 Å². The summed E-state index contributed by atoms with van der Waals surface area (Å²) in [7, 11) is 1.71. The number of nitrogens with one attached hydrogen (secondary N) is 1.